The van der Waals surface area contributed by atoms with E-state index in [1.165, 1.54) is 11.8 Å². The fourth-order valence-electron chi connectivity index (χ4n) is 4.01. The number of nitrogens with zero attached hydrogens (tertiary/aromatic N) is 5. The normalized spacial score (nSPS) is 16.3. The summed E-state index contributed by atoms with van der Waals surface area (Å²) in [5.41, 5.74) is 6.16. The van der Waals surface area contributed by atoms with E-state index in [2.05, 4.69) is 48.2 Å². The van der Waals surface area contributed by atoms with Gasteiger partial charge in [0.15, 0.2) is 5.17 Å². The standard InChI is InChI=1S/C27H31N5OS/c1-18(2)17-31-26(33)25(34-27(31)29-22-9-11-23(12-10-22)30(5)6)15-21-14-19(3)32(20(21)4)24-8-7-13-28-16-24/h7-16,18H,17H2,1-6H3. The lowest BCUT2D eigenvalue weighted by Gasteiger charge is -2.18. The first-order valence-corrected chi connectivity index (χ1v) is 12.2. The van der Waals surface area contributed by atoms with Crippen LogP contribution in [0.15, 0.2) is 64.8 Å². The maximum Gasteiger partial charge on any atom is 0.266 e. The molecule has 0 N–H and O–H groups in total. The highest BCUT2D eigenvalue weighted by molar-refractivity contribution is 8.18. The van der Waals surface area contributed by atoms with Crippen LogP contribution in [0.5, 0.6) is 0 Å². The van der Waals surface area contributed by atoms with Crippen molar-refractivity contribution in [3.8, 4) is 5.69 Å². The average Bonchev–Trinajstić information content (AvgIpc) is 3.24. The maximum atomic E-state index is 13.4. The highest BCUT2D eigenvalue weighted by Gasteiger charge is 2.34. The summed E-state index contributed by atoms with van der Waals surface area (Å²) in [5, 5.41) is 0.726. The second kappa shape index (κ2) is 9.89. The van der Waals surface area contributed by atoms with E-state index in [0.717, 1.165) is 39.2 Å². The van der Waals surface area contributed by atoms with Gasteiger partial charge in [-0.3, -0.25) is 14.7 Å². The van der Waals surface area contributed by atoms with Crippen molar-refractivity contribution in [2.45, 2.75) is 27.7 Å². The third-order valence-corrected chi connectivity index (χ3v) is 6.69. The van der Waals surface area contributed by atoms with Crippen LogP contribution in [-0.4, -0.2) is 46.2 Å². The van der Waals surface area contributed by atoms with Gasteiger partial charge < -0.3 is 9.47 Å². The molecule has 1 amide bonds. The van der Waals surface area contributed by atoms with E-state index in [1.807, 2.05) is 62.8 Å². The molecule has 0 bridgehead atoms. The predicted molar refractivity (Wildman–Crippen MR) is 143 cm³/mol. The van der Waals surface area contributed by atoms with Crippen LogP contribution in [0.25, 0.3) is 11.8 Å². The fraction of sp³-hybridized carbons (Fsp3) is 0.296. The first kappa shape index (κ1) is 23.8. The van der Waals surface area contributed by atoms with Gasteiger partial charge in [0.05, 0.1) is 22.5 Å². The molecule has 4 rings (SSSR count). The minimum absolute atomic E-state index is 0.00791. The van der Waals surface area contributed by atoms with Crippen LogP contribution >= 0.6 is 11.8 Å². The SMILES string of the molecule is Cc1cc(C=C2SC(=Nc3ccc(N(C)C)cc3)N(CC(C)C)C2=O)c(C)n1-c1cccnc1. The van der Waals surface area contributed by atoms with E-state index in [0.29, 0.717) is 17.4 Å². The summed E-state index contributed by atoms with van der Waals surface area (Å²) in [7, 11) is 4.03. The van der Waals surface area contributed by atoms with Crippen molar-refractivity contribution < 1.29 is 4.79 Å². The topological polar surface area (TPSA) is 53.7 Å². The first-order chi connectivity index (χ1) is 16.2. The molecule has 6 nitrogen and oxygen atoms in total. The molecule has 0 atom stereocenters. The molecule has 3 heterocycles. The van der Waals surface area contributed by atoms with E-state index in [4.69, 9.17) is 4.99 Å². The Kier molecular flexibility index (Phi) is 6.93. The molecule has 1 aliphatic rings. The van der Waals surface area contributed by atoms with Crippen LogP contribution in [0.3, 0.4) is 0 Å². The Morgan fingerprint density at radius 3 is 2.50 bits per heavy atom. The summed E-state index contributed by atoms with van der Waals surface area (Å²) in [6.07, 6.45) is 5.61. The van der Waals surface area contributed by atoms with Crippen molar-refractivity contribution in [3.63, 3.8) is 0 Å². The van der Waals surface area contributed by atoms with Gasteiger partial charge in [-0.2, -0.15) is 0 Å². The van der Waals surface area contributed by atoms with Crippen LogP contribution in [0, 0.1) is 19.8 Å². The number of hydrogen-bond acceptors (Lipinski definition) is 5. The van der Waals surface area contributed by atoms with Crippen molar-refractivity contribution in [1.82, 2.24) is 14.5 Å². The average molecular weight is 474 g/mol. The van der Waals surface area contributed by atoms with Crippen molar-refractivity contribution in [2.24, 2.45) is 10.9 Å². The highest BCUT2D eigenvalue weighted by Crippen LogP contribution is 2.36. The van der Waals surface area contributed by atoms with E-state index in [-0.39, 0.29) is 5.91 Å². The largest absolute Gasteiger partial charge is 0.378 e. The number of amidine groups is 1. The Labute approximate surface area is 206 Å². The molecule has 0 aliphatic carbocycles. The molecule has 34 heavy (non-hydrogen) atoms. The zero-order chi connectivity index (χ0) is 24.4. The molecule has 1 aromatic carbocycles. The molecule has 7 heteroatoms. The van der Waals surface area contributed by atoms with Crippen LogP contribution in [-0.2, 0) is 4.79 Å². The van der Waals surface area contributed by atoms with Gasteiger partial charge in [0.25, 0.3) is 5.91 Å². The van der Waals surface area contributed by atoms with Gasteiger partial charge in [0, 0.05) is 43.9 Å². The maximum absolute atomic E-state index is 13.4. The molecule has 3 aromatic rings. The lowest BCUT2D eigenvalue weighted by molar-refractivity contribution is -0.122. The summed E-state index contributed by atoms with van der Waals surface area (Å²) in [6.45, 7) is 9.01. The minimum Gasteiger partial charge on any atom is -0.378 e. The van der Waals surface area contributed by atoms with Gasteiger partial charge in [-0.15, -0.1) is 0 Å². The number of anilines is 1. The first-order valence-electron chi connectivity index (χ1n) is 11.4. The van der Waals surface area contributed by atoms with Crippen molar-refractivity contribution in [3.05, 3.63) is 76.7 Å². The lowest BCUT2D eigenvalue weighted by atomic mass is 10.2. The molecule has 0 unspecified atom stereocenters. The van der Waals surface area contributed by atoms with Gasteiger partial charge in [-0.25, -0.2) is 4.99 Å². The molecular weight excluding hydrogens is 442 g/mol. The van der Waals surface area contributed by atoms with E-state index >= 15 is 0 Å². The summed E-state index contributed by atoms with van der Waals surface area (Å²) in [4.78, 5) is 27.0. The monoisotopic (exact) mass is 473 g/mol. The van der Waals surface area contributed by atoms with Crippen molar-refractivity contribution in [1.29, 1.82) is 0 Å². The molecule has 0 radical (unpaired) electrons. The third kappa shape index (κ3) is 4.94. The predicted octanol–water partition coefficient (Wildman–Crippen LogP) is 5.82. The van der Waals surface area contributed by atoms with Crippen molar-refractivity contribution in [2.75, 3.05) is 25.5 Å². The summed E-state index contributed by atoms with van der Waals surface area (Å²) in [6, 6.07) is 14.1. The number of aromatic nitrogens is 2. The molecule has 1 saturated heterocycles. The fourth-order valence-corrected chi connectivity index (χ4v) is 5.01. The molecule has 0 saturated carbocycles. The van der Waals surface area contributed by atoms with Crippen LogP contribution in [0.2, 0.25) is 0 Å². The minimum atomic E-state index is 0.00791. The smallest absolute Gasteiger partial charge is 0.266 e. The molecule has 1 fully saturated rings. The lowest BCUT2D eigenvalue weighted by Crippen LogP contribution is -2.32. The summed E-state index contributed by atoms with van der Waals surface area (Å²) in [5.74, 6) is 0.342. The Morgan fingerprint density at radius 2 is 1.88 bits per heavy atom. The van der Waals surface area contributed by atoms with Gasteiger partial charge in [-0.05, 0) is 85.6 Å². The van der Waals surface area contributed by atoms with Crippen LogP contribution < -0.4 is 4.90 Å². The highest BCUT2D eigenvalue weighted by atomic mass is 32.2. The number of carbonyl (C=O) groups is 1. The number of benzene rings is 1. The summed E-state index contributed by atoms with van der Waals surface area (Å²) < 4.78 is 2.16. The molecule has 0 spiro atoms. The number of amides is 1. The third-order valence-electron chi connectivity index (χ3n) is 5.69. The van der Waals surface area contributed by atoms with Crippen LogP contribution in [0.1, 0.15) is 30.8 Å². The molecule has 176 valence electrons. The second-order valence-corrected chi connectivity index (χ2v) is 10.1. The zero-order valence-corrected chi connectivity index (χ0v) is 21.4. The van der Waals surface area contributed by atoms with E-state index in [9.17, 15) is 4.79 Å². The number of thioether (sulfide) groups is 1. The molecular formula is C27H31N5OS. The Morgan fingerprint density at radius 1 is 1.15 bits per heavy atom. The Bertz CT molecular complexity index is 1240. The van der Waals surface area contributed by atoms with E-state index in [1.54, 1.807) is 11.1 Å². The zero-order valence-electron chi connectivity index (χ0n) is 20.6. The number of rotatable bonds is 6. The Hall–Kier alpha value is -3.32. The Balaban J connectivity index is 1.69. The van der Waals surface area contributed by atoms with E-state index < -0.39 is 0 Å². The van der Waals surface area contributed by atoms with Crippen LogP contribution in [0.4, 0.5) is 11.4 Å². The second-order valence-electron chi connectivity index (χ2n) is 9.10. The number of aliphatic imine (C=N–C) groups is 1. The number of aryl methyl sites for hydroxylation is 1. The summed E-state index contributed by atoms with van der Waals surface area (Å²) >= 11 is 1.44. The number of carbonyl (C=O) groups excluding carboxylic acids is 1. The molecule has 1 aliphatic heterocycles. The van der Waals surface area contributed by atoms with Gasteiger partial charge in [-0.1, -0.05) is 13.8 Å². The van der Waals surface area contributed by atoms with Gasteiger partial charge in [0.2, 0.25) is 0 Å². The number of pyridine rings is 1. The molecule has 2 aromatic heterocycles. The quantitative estimate of drug-likeness (QED) is 0.424. The number of hydrogen-bond donors (Lipinski definition) is 0. The van der Waals surface area contributed by atoms with Gasteiger partial charge in [0.1, 0.15) is 0 Å². The van der Waals surface area contributed by atoms with Crippen molar-refractivity contribution >= 4 is 40.3 Å². The van der Waals surface area contributed by atoms with Gasteiger partial charge >= 0.3 is 0 Å².